The quantitative estimate of drug-likeness (QED) is 0.638. The minimum Gasteiger partial charge on any atom is -0.469 e. The fourth-order valence-electron chi connectivity index (χ4n) is 1.71. The van der Waals surface area contributed by atoms with E-state index in [2.05, 4.69) is 38.3 Å². The maximum absolute atomic E-state index is 5.63. The second-order valence-corrected chi connectivity index (χ2v) is 6.02. The molecule has 0 radical (unpaired) electrons. The number of rotatable bonds is 4. The molecule has 0 N–H and O–H groups in total. The fraction of sp³-hybridized carbons (Fsp3) is 0.143. The van der Waals surface area contributed by atoms with Crippen molar-refractivity contribution in [2.45, 2.75) is 17.9 Å². The first kappa shape index (κ1) is 13.5. The Hall–Kier alpha value is -1.53. The molecule has 2 heterocycles. The monoisotopic (exact) mass is 350 g/mol. The molecule has 0 aliphatic carbocycles. The molecule has 0 saturated carbocycles. The van der Waals surface area contributed by atoms with Crippen LogP contribution in [-0.4, -0.2) is 10.2 Å². The van der Waals surface area contributed by atoms with E-state index in [0.717, 1.165) is 21.5 Å². The molecule has 0 spiro atoms. The Kier molecular flexibility index (Phi) is 3.93. The number of furan rings is 1. The SMILES string of the molecule is Cc1occc1-c1nnc(SCc2ccc(Br)cc2)o1. The molecule has 3 rings (SSSR count). The summed E-state index contributed by atoms with van der Waals surface area (Å²) in [6.45, 7) is 1.87. The van der Waals surface area contributed by atoms with Gasteiger partial charge in [-0.25, -0.2) is 0 Å². The maximum Gasteiger partial charge on any atom is 0.277 e. The lowest BCUT2D eigenvalue weighted by atomic mass is 10.2. The zero-order valence-corrected chi connectivity index (χ0v) is 13.1. The highest BCUT2D eigenvalue weighted by Gasteiger charge is 2.13. The van der Waals surface area contributed by atoms with Gasteiger partial charge in [-0.05, 0) is 30.7 Å². The van der Waals surface area contributed by atoms with Gasteiger partial charge in [0.05, 0.1) is 11.8 Å². The van der Waals surface area contributed by atoms with E-state index >= 15 is 0 Å². The Balaban J connectivity index is 1.69. The van der Waals surface area contributed by atoms with Crippen molar-refractivity contribution in [2.24, 2.45) is 0 Å². The molecule has 0 aliphatic heterocycles. The molecule has 4 nitrogen and oxygen atoms in total. The third-order valence-electron chi connectivity index (χ3n) is 2.77. The van der Waals surface area contributed by atoms with Gasteiger partial charge in [-0.15, -0.1) is 10.2 Å². The smallest absolute Gasteiger partial charge is 0.277 e. The highest BCUT2D eigenvalue weighted by Crippen LogP contribution is 2.28. The van der Waals surface area contributed by atoms with Gasteiger partial charge in [-0.3, -0.25) is 0 Å². The number of nitrogens with zero attached hydrogens (tertiary/aromatic N) is 2. The Labute approximate surface area is 128 Å². The van der Waals surface area contributed by atoms with Crippen molar-refractivity contribution in [3.63, 3.8) is 0 Å². The summed E-state index contributed by atoms with van der Waals surface area (Å²) >= 11 is 4.93. The van der Waals surface area contributed by atoms with Crippen molar-refractivity contribution in [1.29, 1.82) is 0 Å². The van der Waals surface area contributed by atoms with Crippen molar-refractivity contribution in [3.05, 3.63) is 52.4 Å². The van der Waals surface area contributed by atoms with Crippen LogP contribution in [0.15, 0.2) is 55.1 Å². The molecule has 2 aromatic heterocycles. The Bertz CT molecular complexity index is 706. The number of aromatic nitrogens is 2. The van der Waals surface area contributed by atoms with E-state index in [-0.39, 0.29) is 0 Å². The van der Waals surface area contributed by atoms with Crippen molar-refractivity contribution < 1.29 is 8.83 Å². The van der Waals surface area contributed by atoms with Crippen LogP contribution < -0.4 is 0 Å². The fourth-order valence-corrected chi connectivity index (χ4v) is 2.69. The average Bonchev–Trinajstić information content (AvgIpc) is 3.06. The molecule has 0 aliphatic rings. The van der Waals surface area contributed by atoms with Crippen molar-refractivity contribution >= 4 is 27.7 Å². The molecule has 0 unspecified atom stereocenters. The summed E-state index contributed by atoms with van der Waals surface area (Å²) in [5.41, 5.74) is 2.05. The highest BCUT2D eigenvalue weighted by atomic mass is 79.9. The first-order valence-electron chi connectivity index (χ1n) is 5.97. The summed E-state index contributed by atoms with van der Waals surface area (Å²) in [4.78, 5) is 0. The van der Waals surface area contributed by atoms with Crippen LogP contribution in [-0.2, 0) is 5.75 Å². The molecule has 1 aromatic carbocycles. The summed E-state index contributed by atoms with van der Waals surface area (Å²) in [5, 5.41) is 8.64. The molecular weight excluding hydrogens is 340 g/mol. The number of thioether (sulfide) groups is 1. The molecule has 0 bridgehead atoms. The molecule has 20 heavy (non-hydrogen) atoms. The number of halogens is 1. The Morgan fingerprint density at radius 1 is 1.15 bits per heavy atom. The predicted molar refractivity (Wildman–Crippen MR) is 80.4 cm³/mol. The molecule has 0 fully saturated rings. The summed E-state index contributed by atoms with van der Waals surface area (Å²) in [5.74, 6) is 2.06. The van der Waals surface area contributed by atoms with E-state index in [1.165, 1.54) is 17.3 Å². The number of aryl methyl sites for hydroxylation is 1. The van der Waals surface area contributed by atoms with Gasteiger partial charge in [0.2, 0.25) is 0 Å². The topological polar surface area (TPSA) is 52.1 Å². The van der Waals surface area contributed by atoms with Gasteiger partial charge in [-0.1, -0.05) is 39.8 Å². The number of hydrogen-bond acceptors (Lipinski definition) is 5. The van der Waals surface area contributed by atoms with Crippen molar-refractivity contribution in [2.75, 3.05) is 0 Å². The molecule has 6 heteroatoms. The third kappa shape index (κ3) is 2.96. The molecule has 0 amide bonds. The summed E-state index contributed by atoms with van der Waals surface area (Å²) in [6.07, 6.45) is 1.61. The second-order valence-electron chi connectivity index (χ2n) is 4.18. The molecule has 102 valence electrons. The van der Waals surface area contributed by atoms with Gasteiger partial charge >= 0.3 is 0 Å². The van der Waals surface area contributed by atoms with Gasteiger partial charge in [0.15, 0.2) is 0 Å². The van der Waals surface area contributed by atoms with E-state index in [4.69, 9.17) is 8.83 Å². The summed E-state index contributed by atoms with van der Waals surface area (Å²) in [6, 6.07) is 9.99. The minimum absolute atomic E-state index is 0.495. The molecule has 0 saturated heterocycles. The van der Waals surface area contributed by atoms with E-state index in [1.807, 2.05) is 25.1 Å². The van der Waals surface area contributed by atoms with E-state index < -0.39 is 0 Å². The van der Waals surface area contributed by atoms with Crippen molar-refractivity contribution in [3.8, 4) is 11.5 Å². The standard InChI is InChI=1S/C14H11BrN2O2S/c1-9-12(6-7-18-9)13-16-17-14(19-13)20-8-10-2-4-11(15)5-3-10/h2-7H,8H2,1H3. The summed E-state index contributed by atoms with van der Waals surface area (Å²) < 4.78 is 11.9. The van der Waals surface area contributed by atoms with Crippen LogP contribution in [0.2, 0.25) is 0 Å². The van der Waals surface area contributed by atoms with Crippen LogP contribution in [0.3, 0.4) is 0 Å². The highest BCUT2D eigenvalue weighted by molar-refractivity contribution is 9.10. The van der Waals surface area contributed by atoms with Gasteiger partial charge in [-0.2, -0.15) is 0 Å². The van der Waals surface area contributed by atoms with E-state index in [9.17, 15) is 0 Å². The van der Waals surface area contributed by atoms with Crippen LogP contribution in [0.5, 0.6) is 0 Å². The first-order chi connectivity index (χ1) is 9.72. The van der Waals surface area contributed by atoms with Gasteiger partial charge in [0, 0.05) is 10.2 Å². The molecular formula is C14H11BrN2O2S. The van der Waals surface area contributed by atoms with Crippen LogP contribution >= 0.6 is 27.7 Å². The van der Waals surface area contributed by atoms with Crippen LogP contribution in [0.25, 0.3) is 11.5 Å². The van der Waals surface area contributed by atoms with Crippen LogP contribution in [0, 0.1) is 6.92 Å². The second kappa shape index (κ2) is 5.85. The zero-order chi connectivity index (χ0) is 13.9. The zero-order valence-electron chi connectivity index (χ0n) is 10.7. The lowest BCUT2D eigenvalue weighted by Gasteiger charge is -1.98. The average molecular weight is 351 g/mol. The lowest BCUT2D eigenvalue weighted by Crippen LogP contribution is -1.80. The van der Waals surface area contributed by atoms with E-state index in [1.54, 1.807) is 6.26 Å². The first-order valence-corrected chi connectivity index (χ1v) is 7.75. The normalized spacial score (nSPS) is 10.9. The molecule has 0 atom stereocenters. The Morgan fingerprint density at radius 3 is 2.65 bits per heavy atom. The molecule has 3 aromatic rings. The largest absolute Gasteiger partial charge is 0.469 e. The lowest BCUT2D eigenvalue weighted by molar-refractivity contribution is 0.463. The van der Waals surface area contributed by atoms with Gasteiger partial charge in [0.25, 0.3) is 11.1 Å². The maximum atomic E-state index is 5.63. The van der Waals surface area contributed by atoms with Crippen LogP contribution in [0.1, 0.15) is 11.3 Å². The van der Waals surface area contributed by atoms with E-state index in [0.29, 0.717) is 11.1 Å². The van der Waals surface area contributed by atoms with Crippen LogP contribution in [0.4, 0.5) is 0 Å². The van der Waals surface area contributed by atoms with Crippen molar-refractivity contribution in [1.82, 2.24) is 10.2 Å². The third-order valence-corrected chi connectivity index (χ3v) is 4.19. The minimum atomic E-state index is 0.495. The number of benzene rings is 1. The Morgan fingerprint density at radius 2 is 1.95 bits per heavy atom. The number of hydrogen-bond donors (Lipinski definition) is 0. The van der Waals surface area contributed by atoms with Gasteiger partial charge in [0.1, 0.15) is 5.76 Å². The predicted octanol–water partition coefficient (Wildman–Crippen LogP) is 4.69. The summed E-state index contributed by atoms with van der Waals surface area (Å²) in [7, 11) is 0. The van der Waals surface area contributed by atoms with Gasteiger partial charge < -0.3 is 8.83 Å².